The van der Waals surface area contributed by atoms with Gasteiger partial charge in [-0.3, -0.25) is 10.1 Å². The maximum Gasteiger partial charge on any atom is 0.343 e. The molecule has 1 aromatic heterocycles. The average Bonchev–Trinajstić information content (AvgIpc) is 3.09. The number of benzene rings is 2. The van der Waals surface area contributed by atoms with Gasteiger partial charge < -0.3 is 4.74 Å². The summed E-state index contributed by atoms with van der Waals surface area (Å²) >= 11 is 0. The van der Waals surface area contributed by atoms with Crippen LogP contribution >= 0.6 is 0 Å². The molecule has 3 rings (SSSR count). The molecule has 0 atom stereocenters. The summed E-state index contributed by atoms with van der Waals surface area (Å²) in [6.45, 7) is 0. The molecule has 8 heteroatoms. The number of carbonyl (C=O) groups is 1. The Bertz CT molecular complexity index is 847. The third-order valence-electron chi connectivity index (χ3n) is 3.03. The van der Waals surface area contributed by atoms with Crippen molar-refractivity contribution in [1.82, 2.24) is 14.8 Å². The van der Waals surface area contributed by atoms with Crippen molar-refractivity contribution in [3.05, 3.63) is 76.9 Å². The number of nitro benzene ring substituents is 1. The van der Waals surface area contributed by atoms with E-state index in [0.717, 1.165) is 6.07 Å². The highest BCUT2D eigenvalue weighted by molar-refractivity contribution is 5.92. The monoisotopic (exact) mass is 310 g/mol. The van der Waals surface area contributed by atoms with E-state index in [0.29, 0.717) is 5.75 Å². The highest BCUT2D eigenvalue weighted by Gasteiger charge is 2.20. The van der Waals surface area contributed by atoms with Gasteiger partial charge in [-0.1, -0.05) is 18.2 Å². The number of nitrogens with zero attached hydrogens (tertiary/aromatic N) is 4. The van der Waals surface area contributed by atoms with Gasteiger partial charge in [0.15, 0.2) is 0 Å². The molecule has 0 bridgehead atoms. The second-order valence-corrected chi connectivity index (χ2v) is 4.50. The molecule has 0 unspecified atom stereocenters. The number of nitro groups is 1. The van der Waals surface area contributed by atoms with Crippen LogP contribution in [0.25, 0.3) is 5.69 Å². The van der Waals surface area contributed by atoms with Crippen LogP contribution in [-0.2, 0) is 0 Å². The lowest BCUT2D eigenvalue weighted by molar-refractivity contribution is -0.384. The predicted octanol–water partition coefficient (Wildman–Crippen LogP) is 2.39. The van der Waals surface area contributed by atoms with Gasteiger partial charge in [-0.05, 0) is 24.3 Å². The zero-order valence-electron chi connectivity index (χ0n) is 11.7. The van der Waals surface area contributed by atoms with Gasteiger partial charge in [0.1, 0.15) is 24.1 Å². The number of esters is 1. The van der Waals surface area contributed by atoms with Gasteiger partial charge >= 0.3 is 5.97 Å². The van der Waals surface area contributed by atoms with E-state index in [4.69, 9.17) is 4.74 Å². The molecule has 0 saturated carbocycles. The highest BCUT2D eigenvalue weighted by Crippen LogP contribution is 2.24. The van der Waals surface area contributed by atoms with E-state index in [1.54, 1.807) is 30.3 Å². The van der Waals surface area contributed by atoms with Crippen molar-refractivity contribution in [2.45, 2.75) is 0 Å². The first-order valence-corrected chi connectivity index (χ1v) is 6.56. The fourth-order valence-electron chi connectivity index (χ4n) is 1.98. The van der Waals surface area contributed by atoms with Crippen molar-refractivity contribution in [3.63, 3.8) is 0 Å². The fraction of sp³-hybridized carbons (Fsp3) is 0. The SMILES string of the molecule is O=C(Oc1ccccc1)c1ccc(-n2cncn2)c([N+](=O)[O-])c1. The molecule has 0 aliphatic heterocycles. The van der Waals surface area contributed by atoms with Crippen LogP contribution < -0.4 is 4.74 Å². The van der Waals surface area contributed by atoms with Gasteiger partial charge in [0.2, 0.25) is 0 Å². The van der Waals surface area contributed by atoms with Gasteiger partial charge in [-0.15, -0.1) is 0 Å². The van der Waals surface area contributed by atoms with Crippen molar-refractivity contribution in [1.29, 1.82) is 0 Å². The topological polar surface area (TPSA) is 100 Å². The minimum Gasteiger partial charge on any atom is -0.423 e. The minimum absolute atomic E-state index is 0.0735. The van der Waals surface area contributed by atoms with Crippen molar-refractivity contribution >= 4 is 11.7 Å². The summed E-state index contributed by atoms with van der Waals surface area (Å²) in [7, 11) is 0. The first-order valence-electron chi connectivity index (χ1n) is 6.56. The zero-order chi connectivity index (χ0) is 16.2. The first-order chi connectivity index (χ1) is 11.1. The molecule has 3 aromatic rings. The largest absolute Gasteiger partial charge is 0.423 e. The zero-order valence-corrected chi connectivity index (χ0v) is 11.7. The number of ether oxygens (including phenoxy) is 1. The molecule has 0 amide bonds. The summed E-state index contributed by atoms with van der Waals surface area (Å²) in [6, 6.07) is 12.5. The molecule has 0 aliphatic carbocycles. The van der Waals surface area contributed by atoms with E-state index in [2.05, 4.69) is 10.1 Å². The lowest BCUT2D eigenvalue weighted by atomic mass is 10.1. The Labute approximate surface area is 130 Å². The lowest BCUT2D eigenvalue weighted by Gasteiger charge is -2.06. The third-order valence-corrected chi connectivity index (χ3v) is 3.03. The van der Waals surface area contributed by atoms with E-state index >= 15 is 0 Å². The Morgan fingerprint density at radius 2 is 1.96 bits per heavy atom. The van der Waals surface area contributed by atoms with E-state index < -0.39 is 10.9 Å². The maximum absolute atomic E-state index is 12.1. The average molecular weight is 310 g/mol. The van der Waals surface area contributed by atoms with Crippen LogP contribution in [0.2, 0.25) is 0 Å². The Morgan fingerprint density at radius 1 is 1.17 bits per heavy atom. The van der Waals surface area contributed by atoms with Gasteiger partial charge in [-0.2, -0.15) is 5.10 Å². The van der Waals surface area contributed by atoms with Crippen LogP contribution in [0.1, 0.15) is 10.4 Å². The Balaban J connectivity index is 1.93. The second-order valence-electron chi connectivity index (χ2n) is 4.50. The molecular formula is C15H10N4O4. The summed E-state index contributed by atoms with van der Waals surface area (Å²) in [6.07, 6.45) is 2.60. The number of hydrogen-bond acceptors (Lipinski definition) is 6. The summed E-state index contributed by atoms with van der Waals surface area (Å²) in [5.74, 6) is -0.315. The van der Waals surface area contributed by atoms with Gasteiger partial charge in [0.25, 0.3) is 5.69 Å². The smallest absolute Gasteiger partial charge is 0.343 e. The molecule has 0 aliphatic rings. The van der Waals surface area contributed by atoms with Crippen molar-refractivity contribution in [2.24, 2.45) is 0 Å². The number of carbonyl (C=O) groups excluding carboxylic acids is 1. The van der Waals surface area contributed by atoms with Crippen molar-refractivity contribution in [3.8, 4) is 11.4 Å². The van der Waals surface area contributed by atoms with E-state index in [-0.39, 0.29) is 16.9 Å². The molecular weight excluding hydrogens is 300 g/mol. The molecule has 0 N–H and O–H groups in total. The molecule has 0 spiro atoms. The van der Waals surface area contributed by atoms with Crippen LogP contribution in [0.15, 0.2) is 61.2 Å². The summed E-state index contributed by atoms with van der Waals surface area (Å²) in [5.41, 5.74) is 0.0196. The van der Waals surface area contributed by atoms with E-state index in [1.165, 1.54) is 29.5 Å². The predicted molar refractivity (Wildman–Crippen MR) is 79.4 cm³/mol. The molecule has 0 saturated heterocycles. The van der Waals surface area contributed by atoms with E-state index in [9.17, 15) is 14.9 Å². The number of rotatable bonds is 4. The highest BCUT2D eigenvalue weighted by atomic mass is 16.6. The van der Waals surface area contributed by atoms with Crippen LogP contribution in [0.4, 0.5) is 5.69 Å². The first kappa shape index (κ1) is 14.4. The molecule has 23 heavy (non-hydrogen) atoms. The minimum atomic E-state index is -0.676. The molecule has 2 aromatic carbocycles. The summed E-state index contributed by atoms with van der Waals surface area (Å²) in [5, 5.41) is 15.1. The third kappa shape index (κ3) is 3.05. The molecule has 114 valence electrons. The van der Waals surface area contributed by atoms with E-state index in [1.807, 2.05) is 0 Å². The number of aromatic nitrogens is 3. The van der Waals surface area contributed by atoms with Gasteiger partial charge in [0.05, 0.1) is 10.5 Å². The van der Waals surface area contributed by atoms with Crippen LogP contribution in [0.5, 0.6) is 5.75 Å². The normalized spacial score (nSPS) is 10.3. The van der Waals surface area contributed by atoms with Crippen molar-refractivity contribution < 1.29 is 14.5 Å². The number of para-hydroxylation sites is 1. The van der Waals surface area contributed by atoms with Crippen LogP contribution in [0.3, 0.4) is 0 Å². The summed E-state index contributed by atoms with van der Waals surface area (Å²) < 4.78 is 6.42. The lowest BCUT2D eigenvalue weighted by Crippen LogP contribution is -2.10. The van der Waals surface area contributed by atoms with Gasteiger partial charge in [-0.25, -0.2) is 14.5 Å². The number of hydrogen-bond donors (Lipinski definition) is 0. The fourth-order valence-corrected chi connectivity index (χ4v) is 1.98. The quantitative estimate of drug-likeness (QED) is 0.317. The maximum atomic E-state index is 12.1. The van der Waals surface area contributed by atoms with Crippen LogP contribution in [-0.4, -0.2) is 25.7 Å². The Hall–Kier alpha value is -3.55. The molecule has 0 fully saturated rings. The molecule has 0 radical (unpaired) electrons. The summed E-state index contributed by atoms with van der Waals surface area (Å²) in [4.78, 5) is 26.5. The standard InChI is InChI=1S/C15H10N4O4/c20-15(23-12-4-2-1-3-5-12)11-6-7-13(14(8-11)19(21)22)18-10-16-9-17-18/h1-10H. The molecule has 1 heterocycles. The van der Waals surface area contributed by atoms with Crippen molar-refractivity contribution in [2.75, 3.05) is 0 Å². The van der Waals surface area contributed by atoms with Gasteiger partial charge in [0, 0.05) is 6.07 Å². The molecule has 8 nitrogen and oxygen atoms in total. The second kappa shape index (κ2) is 6.06. The Morgan fingerprint density at radius 3 is 2.61 bits per heavy atom. The van der Waals surface area contributed by atoms with Crippen LogP contribution in [0, 0.1) is 10.1 Å². The Kier molecular flexibility index (Phi) is 3.79.